The van der Waals surface area contributed by atoms with Crippen molar-refractivity contribution in [2.24, 2.45) is 5.73 Å². The summed E-state index contributed by atoms with van der Waals surface area (Å²) >= 11 is 1.42. The number of nitriles is 1. The number of nitrogens with zero attached hydrogens (tertiary/aromatic N) is 5. The minimum absolute atomic E-state index is 0.0312. The van der Waals surface area contributed by atoms with E-state index < -0.39 is 5.82 Å². The number of hydrogen-bond donors (Lipinski definition) is 1. The summed E-state index contributed by atoms with van der Waals surface area (Å²) in [7, 11) is 0. The summed E-state index contributed by atoms with van der Waals surface area (Å²) in [5, 5.41) is 11.6. The Morgan fingerprint density at radius 3 is 2.83 bits per heavy atom. The van der Waals surface area contributed by atoms with Crippen molar-refractivity contribution in [3.63, 3.8) is 0 Å². The first kappa shape index (κ1) is 19.2. The van der Waals surface area contributed by atoms with Crippen molar-refractivity contribution >= 4 is 17.2 Å². The lowest BCUT2D eigenvalue weighted by Gasteiger charge is -2.30. The molecule has 3 heterocycles. The SMILES string of the molecule is N#Cc1cc(Cn2c(C(=O)N3CCC(N)CC3)cnc2-c2nccs2)ccc1F. The summed E-state index contributed by atoms with van der Waals surface area (Å²) in [5.74, 6) is -0.113. The van der Waals surface area contributed by atoms with Crippen molar-refractivity contribution in [1.29, 1.82) is 5.26 Å². The quantitative estimate of drug-likeness (QED) is 0.713. The van der Waals surface area contributed by atoms with Gasteiger partial charge in [0.25, 0.3) is 5.91 Å². The van der Waals surface area contributed by atoms with Gasteiger partial charge >= 0.3 is 0 Å². The Kier molecular flexibility index (Phi) is 5.38. The van der Waals surface area contributed by atoms with Crippen molar-refractivity contribution in [3.05, 3.63) is 58.6 Å². The van der Waals surface area contributed by atoms with Crippen LogP contribution >= 0.6 is 11.3 Å². The topological polar surface area (TPSA) is 101 Å². The van der Waals surface area contributed by atoms with E-state index in [-0.39, 0.29) is 24.1 Å². The van der Waals surface area contributed by atoms with Gasteiger partial charge in [-0.15, -0.1) is 11.3 Å². The van der Waals surface area contributed by atoms with Crippen LogP contribution in [-0.4, -0.2) is 44.5 Å². The highest BCUT2D eigenvalue weighted by molar-refractivity contribution is 7.13. The number of hydrogen-bond acceptors (Lipinski definition) is 6. The van der Waals surface area contributed by atoms with Crippen molar-refractivity contribution in [2.45, 2.75) is 25.4 Å². The maximum atomic E-state index is 13.7. The number of benzene rings is 1. The average Bonchev–Trinajstić information content (AvgIpc) is 3.39. The molecule has 0 saturated carbocycles. The second kappa shape index (κ2) is 8.11. The number of likely N-dealkylation sites (tertiary alicyclic amines) is 1. The molecular weight excluding hydrogens is 391 g/mol. The first-order valence-corrected chi connectivity index (χ1v) is 10.1. The van der Waals surface area contributed by atoms with Crippen LogP contribution < -0.4 is 5.73 Å². The van der Waals surface area contributed by atoms with Gasteiger partial charge in [-0.05, 0) is 30.5 Å². The summed E-state index contributed by atoms with van der Waals surface area (Å²) in [5.41, 5.74) is 7.07. The van der Waals surface area contributed by atoms with E-state index in [1.807, 2.05) is 11.4 Å². The number of nitrogens with two attached hydrogens (primary N) is 1. The van der Waals surface area contributed by atoms with Gasteiger partial charge in [0.05, 0.1) is 11.8 Å². The van der Waals surface area contributed by atoms with Crippen LogP contribution in [0.4, 0.5) is 4.39 Å². The molecule has 1 aromatic carbocycles. The van der Waals surface area contributed by atoms with Gasteiger partial charge in [-0.1, -0.05) is 6.07 Å². The molecule has 0 unspecified atom stereocenters. The number of amides is 1. The smallest absolute Gasteiger partial charge is 0.272 e. The molecular formula is C20H19FN6OS. The minimum atomic E-state index is -0.567. The molecule has 0 radical (unpaired) electrons. The van der Waals surface area contributed by atoms with Crippen molar-refractivity contribution < 1.29 is 9.18 Å². The van der Waals surface area contributed by atoms with E-state index in [4.69, 9.17) is 11.0 Å². The molecule has 2 N–H and O–H groups in total. The van der Waals surface area contributed by atoms with Gasteiger partial charge in [-0.25, -0.2) is 14.4 Å². The molecule has 1 fully saturated rings. The molecule has 0 atom stereocenters. The Labute approximate surface area is 171 Å². The Bertz CT molecular complexity index is 1060. The first-order valence-electron chi connectivity index (χ1n) is 9.25. The molecule has 1 saturated heterocycles. The third-order valence-electron chi connectivity index (χ3n) is 5.02. The molecule has 2 aromatic heterocycles. The maximum Gasteiger partial charge on any atom is 0.272 e. The lowest BCUT2D eigenvalue weighted by molar-refractivity contribution is 0.0704. The normalized spacial score (nSPS) is 14.7. The van der Waals surface area contributed by atoms with E-state index >= 15 is 0 Å². The standard InChI is InChI=1S/C20H19FN6OS/c21-16-2-1-13(9-14(16)10-22)12-27-17(11-25-18(27)19-24-5-8-29-19)20(28)26-6-3-15(23)4-7-26/h1-2,5,8-9,11,15H,3-4,6-7,12,23H2. The molecule has 0 aliphatic carbocycles. The number of halogens is 1. The Balaban J connectivity index is 1.71. The van der Waals surface area contributed by atoms with Crippen LogP contribution in [0, 0.1) is 17.1 Å². The zero-order valence-electron chi connectivity index (χ0n) is 15.6. The fourth-order valence-corrected chi connectivity index (χ4v) is 4.06. The fraction of sp³-hybridized carbons (Fsp3) is 0.300. The summed E-state index contributed by atoms with van der Waals surface area (Å²) in [4.78, 5) is 23.7. The predicted molar refractivity (Wildman–Crippen MR) is 107 cm³/mol. The summed E-state index contributed by atoms with van der Waals surface area (Å²) in [6.07, 6.45) is 4.77. The second-order valence-electron chi connectivity index (χ2n) is 6.95. The predicted octanol–water partition coefficient (Wildman–Crippen LogP) is 2.63. The first-order chi connectivity index (χ1) is 14.1. The largest absolute Gasteiger partial charge is 0.337 e. The lowest BCUT2D eigenvalue weighted by Crippen LogP contribution is -2.43. The Morgan fingerprint density at radius 2 is 2.14 bits per heavy atom. The van der Waals surface area contributed by atoms with Crippen LogP contribution in [0.15, 0.2) is 36.0 Å². The number of piperidine rings is 1. The monoisotopic (exact) mass is 410 g/mol. The van der Waals surface area contributed by atoms with Crippen molar-refractivity contribution in [1.82, 2.24) is 19.4 Å². The zero-order chi connectivity index (χ0) is 20.4. The van der Waals surface area contributed by atoms with Crippen LogP contribution in [0.1, 0.15) is 34.5 Å². The van der Waals surface area contributed by atoms with Gasteiger partial charge in [0, 0.05) is 37.3 Å². The molecule has 7 nitrogen and oxygen atoms in total. The maximum absolute atomic E-state index is 13.7. The number of carbonyl (C=O) groups is 1. The van der Waals surface area contributed by atoms with Gasteiger partial charge in [0.15, 0.2) is 10.8 Å². The molecule has 0 bridgehead atoms. The molecule has 9 heteroatoms. The van der Waals surface area contributed by atoms with Gasteiger partial charge in [0.2, 0.25) is 0 Å². The average molecular weight is 410 g/mol. The van der Waals surface area contributed by atoms with E-state index in [1.54, 1.807) is 27.9 Å². The van der Waals surface area contributed by atoms with E-state index in [2.05, 4.69) is 9.97 Å². The van der Waals surface area contributed by atoms with Gasteiger partial charge < -0.3 is 15.2 Å². The molecule has 1 amide bonds. The second-order valence-corrected chi connectivity index (χ2v) is 7.84. The van der Waals surface area contributed by atoms with E-state index in [0.29, 0.717) is 35.2 Å². The number of rotatable bonds is 4. The van der Waals surface area contributed by atoms with Crippen LogP contribution in [0.3, 0.4) is 0 Å². The highest BCUT2D eigenvalue weighted by Crippen LogP contribution is 2.25. The van der Waals surface area contributed by atoms with Gasteiger partial charge in [-0.3, -0.25) is 4.79 Å². The molecule has 29 heavy (non-hydrogen) atoms. The summed E-state index contributed by atoms with van der Waals surface area (Å²) < 4.78 is 15.5. The van der Waals surface area contributed by atoms with E-state index in [1.165, 1.54) is 23.5 Å². The molecule has 4 rings (SSSR count). The molecule has 1 aliphatic rings. The molecule has 1 aliphatic heterocycles. The lowest BCUT2D eigenvalue weighted by atomic mass is 10.1. The Morgan fingerprint density at radius 1 is 1.34 bits per heavy atom. The number of imidazole rings is 1. The van der Waals surface area contributed by atoms with Crippen LogP contribution in [0.25, 0.3) is 10.8 Å². The Hall–Kier alpha value is -3.09. The summed E-state index contributed by atoms with van der Waals surface area (Å²) in [6.45, 7) is 1.48. The van der Waals surface area contributed by atoms with E-state index in [9.17, 15) is 9.18 Å². The minimum Gasteiger partial charge on any atom is -0.337 e. The van der Waals surface area contributed by atoms with Crippen molar-refractivity contribution in [2.75, 3.05) is 13.1 Å². The summed E-state index contributed by atoms with van der Waals surface area (Å²) in [6, 6.07) is 6.34. The number of aromatic nitrogens is 3. The van der Waals surface area contributed by atoms with E-state index in [0.717, 1.165) is 12.8 Å². The fourth-order valence-electron chi connectivity index (χ4n) is 3.41. The number of thiazole rings is 1. The van der Waals surface area contributed by atoms with Crippen LogP contribution in [-0.2, 0) is 6.54 Å². The number of carbonyl (C=O) groups excluding carboxylic acids is 1. The highest BCUT2D eigenvalue weighted by atomic mass is 32.1. The highest BCUT2D eigenvalue weighted by Gasteiger charge is 2.26. The van der Waals surface area contributed by atoms with Gasteiger partial charge in [-0.2, -0.15) is 5.26 Å². The third-order valence-corrected chi connectivity index (χ3v) is 5.79. The zero-order valence-corrected chi connectivity index (χ0v) is 16.4. The van der Waals surface area contributed by atoms with Gasteiger partial charge in [0.1, 0.15) is 17.6 Å². The van der Waals surface area contributed by atoms with Crippen LogP contribution in [0.2, 0.25) is 0 Å². The third kappa shape index (κ3) is 3.90. The molecule has 3 aromatic rings. The van der Waals surface area contributed by atoms with Crippen LogP contribution in [0.5, 0.6) is 0 Å². The molecule has 0 spiro atoms. The molecule has 148 valence electrons. The van der Waals surface area contributed by atoms with Crippen molar-refractivity contribution in [3.8, 4) is 16.9 Å².